The maximum absolute atomic E-state index is 11.5. The van der Waals surface area contributed by atoms with Crippen molar-refractivity contribution in [1.82, 2.24) is 10.2 Å². The highest BCUT2D eigenvalue weighted by Gasteiger charge is 2.23. The molecule has 1 unspecified atom stereocenters. The van der Waals surface area contributed by atoms with E-state index in [1.54, 1.807) is 0 Å². The molecule has 1 heterocycles. The second-order valence-electron chi connectivity index (χ2n) is 4.90. The molecule has 7 nitrogen and oxygen atoms in total. The van der Waals surface area contributed by atoms with Gasteiger partial charge >= 0.3 is 5.97 Å². The Morgan fingerprint density at radius 1 is 1.37 bits per heavy atom. The summed E-state index contributed by atoms with van der Waals surface area (Å²) >= 11 is 0. The average Bonchev–Trinajstić information content (AvgIpc) is 2.36. The second-order valence-corrected chi connectivity index (χ2v) is 4.90. The summed E-state index contributed by atoms with van der Waals surface area (Å²) in [5.41, 5.74) is 5.24. The number of amides is 2. The number of hydrogen-bond acceptors (Lipinski definition) is 4. The van der Waals surface area contributed by atoms with Gasteiger partial charge in [-0.15, -0.1) is 0 Å². The van der Waals surface area contributed by atoms with Crippen molar-refractivity contribution < 1.29 is 19.5 Å². The van der Waals surface area contributed by atoms with E-state index in [9.17, 15) is 14.4 Å². The number of hydrogen-bond donors (Lipinski definition) is 3. The summed E-state index contributed by atoms with van der Waals surface area (Å²) in [6.45, 7) is 3.49. The number of nitrogens with one attached hydrogen (secondary N) is 1. The first-order valence-electron chi connectivity index (χ1n) is 6.44. The molecule has 0 bridgehead atoms. The number of nitrogens with zero attached hydrogens (tertiary/aromatic N) is 1. The van der Waals surface area contributed by atoms with Gasteiger partial charge in [0.05, 0.1) is 0 Å². The molecule has 1 aliphatic rings. The summed E-state index contributed by atoms with van der Waals surface area (Å²) in [6, 6.07) is -0.868. The van der Waals surface area contributed by atoms with Crippen molar-refractivity contribution in [3.63, 3.8) is 0 Å². The third kappa shape index (κ3) is 5.25. The zero-order valence-electron chi connectivity index (χ0n) is 11.1. The molecule has 0 aromatic heterocycles. The van der Waals surface area contributed by atoms with Gasteiger partial charge in [-0.2, -0.15) is 0 Å². The van der Waals surface area contributed by atoms with Gasteiger partial charge in [0.15, 0.2) is 0 Å². The zero-order chi connectivity index (χ0) is 14.4. The summed E-state index contributed by atoms with van der Waals surface area (Å²) in [6.07, 6.45) is 1.71. The Morgan fingerprint density at radius 2 is 1.95 bits per heavy atom. The monoisotopic (exact) mass is 271 g/mol. The van der Waals surface area contributed by atoms with Gasteiger partial charge < -0.3 is 21.1 Å². The highest BCUT2D eigenvalue weighted by Crippen LogP contribution is 2.16. The summed E-state index contributed by atoms with van der Waals surface area (Å²) < 4.78 is 0. The van der Waals surface area contributed by atoms with Crippen LogP contribution < -0.4 is 11.1 Å². The molecule has 4 N–H and O–H groups in total. The number of aliphatic carboxylic acids is 1. The van der Waals surface area contributed by atoms with Crippen LogP contribution >= 0.6 is 0 Å². The Balaban J connectivity index is 2.22. The van der Waals surface area contributed by atoms with Gasteiger partial charge in [0.1, 0.15) is 6.04 Å². The lowest BCUT2D eigenvalue weighted by Gasteiger charge is -2.30. The predicted octanol–water partition coefficient (Wildman–Crippen LogP) is -0.837. The molecule has 19 heavy (non-hydrogen) atoms. The van der Waals surface area contributed by atoms with Crippen LogP contribution in [0.2, 0.25) is 0 Å². The lowest BCUT2D eigenvalue weighted by molar-refractivity contribution is -0.141. The molecular formula is C12H21N3O4. The Hall–Kier alpha value is -1.63. The lowest BCUT2D eigenvalue weighted by atomic mass is 9.96. The Morgan fingerprint density at radius 3 is 2.42 bits per heavy atom. The molecule has 0 spiro atoms. The Bertz CT molecular complexity index is 351. The van der Waals surface area contributed by atoms with Crippen LogP contribution in [0.25, 0.3) is 0 Å². The second kappa shape index (κ2) is 7.08. The number of carbonyl (C=O) groups is 3. The smallest absolute Gasteiger partial charge is 0.325 e. The summed E-state index contributed by atoms with van der Waals surface area (Å²) in [5.74, 6) is -1.63. The number of carboxylic acid groups (broad SMARTS) is 1. The molecule has 1 rings (SSSR count). The largest absolute Gasteiger partial charge is 0.480 e. The van der Waals surface area contributed by atoms with Crippen molar-refractivity contribution in [2.45, 2.75) is 32.2 Å². The SMILES string of the molecule is CC(NC(=O)CCN1CCC(C(N)=O)CC1)C(=O)O. The molecule has 0 saturated carbocycles. The van der Waals surface area contributed by atoms with Crippen LogP contribution in [0.4, 0.5) is 0 Å². The molecule has 1 atom stereocenters. The number of piperidine rings is 1. The lowest BCUT2D eigenvalue weighted by Crippen LogP contribution is -2.42. The normalized spacial score (nSPS) is 18.8. The van der Waals surface area contributed by atoms with Gasteiger partial charge in [-0.3, -0.25) is 14.4 Å². The molecule has 0 aromatic rings. The molecule has 1 aliphatic heterocycles. The van der Waals surface area contributed by atoms with Gasteiger partial charge in [-0.05, 0) is 32.9 Å². The molecular weight excluding hydrogens is 250 g/mol. The number of carbonyl (C=O) groups excluding carboxylic acids is 2. The molecule has 0 aliphatic carbocycles. The number of carboxylic acids is 1. The Labute approximate surface area is 112 Å². The number of likely N-dealkylation sites (tertiary alicyclic amines) is 1. The zero-order valence-corrected chi connectivity index (χ0v) is 11.1. The fourth-order valence-electron chi connectivity index (χ4n) is 2.08. The summed E-state index contributed by atoms with van der Waals surface area (Å²) in [7, 11) is 0. The molecule has 1 saturated heterocycles. The van der Waals surface area contributed by atoms with Crippen LogP contribution in [0.15, 0.2) is 0 Å². The Kier molecular flexibility index (Phi) is 5.75. The minimum absolute atomic E-state index is 0.0582. The van der Waals surface area contributed by atoms with E-state index in [0.717, 1.165) is 25.9 Å². The van der Waals surface area contributed by atoms with Crippen LogP contribution in [0, 0.1) is 5.92 Å². The molecule has 1 fully saturated rings. The van der Waals surface area contributed by atoms with E-state index in [-0.39, 0.29) is 24.2 Å². The molecule has 0 radical (unpaired) electrons. The number of rotatable bonds is 6. The molecule has 108 valence electrons. The highest BCUT2D eigenvalue weighted by atomic mass is 16.4. The summed E-state index contributed by atoms with van der Waals surface area (Å²) in [4.78, 5) is 35.2. The first kappa shape index (κ1) is 15.4. The first-order valence-corrected chi connectivity index (χ1v) is 6.44. The van der Waals surface area contributed by atoms with Crippen LogP contribution in [0.5, 0.6) is 0 Å². The standard InChI is InChI=1S/C12H21N3O4/c1-8(12(18)19)14-10(16)4-7-15-5-2-9(3-6-15)11(13)17/h8-9H,2-7H2,1H3,(H2,13,17)(H,14,16)(H,18,19). The molecule has 0 aromatic carbocycles. The number of nitrogens with two attached hydrogens (primary N) is 1. The van der Waals surface area contributed by atoms with Gasteiger partial charge in [-0.1, -0.05) is 0 Å². The van der Waals surface area contributed by atoms with Crippen molar-refractivity contribution >= 4 is 17.8 Å². The van der Waals surface area contributed by atoms with Crippen LogP contribution in [0.3, 0.4) is 0 Å². The van der Waals surface area contributed by atoms with Crippen molar-refractivity contribution in [2.75, 3.05) is 19.6 Å². The van der Waals surface area contributed by atoms with E-state index in [0.29, 0.717) is 6.54 Å². The van der Waals surface area contributed by atoms with Crippen LogP contribution in [-0.2, 0) is 14.4 Å². The molecule has 2 amide bonds. The van der Waals surface area contributed by atoms with Gasteiger partial charge in [0.2, 0.25) is 11.8 Å². The number of primary amides is 1. The minimum atomic E-state index is -1.05. The van der Waals surface area contributed by atoms with Crippen molar-refractivity contribution in [3.8, 4) is 0 Å². The van der Waals surface area contributed by atoms with Crippen molar-refractivity contribution in [2.24, 2.45) is 11.7 Å². The van der Waals surface area contributed by atoms with Gasteiger partial charge in [0.25, 0.3) is 0 Å². The van der Waals surface area contributed by atoms with E-state index in [1.807, 2.05) is 0 Å². The van der Waals surface area contributed by atoms with E-state index >= 15 is 0 Å². The topological polar surface area (TPSA) is 113 Å². The summed E-state index contributed by atoms with van der Waals surface area (Å²) in [5, 5.41) is 11.1. The van der Waals surface area contributed by atoms with E-state index in [1.165, 1.54) is 6.92 Å². The predicted molar refractivity (Wildman–Crippen MR) is 68.2 cm³/mol. The minimum Gasteiger partial charge on any atom is -0.480 e. The average molecular weight is 271 g/mol. The maximum atomic E-state index is 11.5. The first-order chi connectivity index (χ1) is 8.90. The third-order valence-corrected chi connectivity index (χ3v) is 3.39. The van der Waals surface area contributed by atoms with Crippen molar-refractivity contribution in [1.29, 1.82) is 0 Å². The van der Waals surface area contributed by atoms with Crippen LogP contribution in [-0.4, -0.2) is 53.5 Å². The quantitative estimate of drug-likeness (QED) is 0.583. The van der Waals surface area contributed by atoms with Crippen LogP contribution in [0.1, 0.15) is 26.2 Å². The van der Waals surface area contributed by atoms with E-state index in [4.69, 9.17) is 10.8 Å². The highest BCUT2D eigenvalue weighted by molar-refractivity contribution is 5.83. The fourth-order valence-corrected chi connectivity index (χ4v) is 2.08. The van der Waals surface area contributed by atoms with E-state index in [2.05, 4.69) is 10.2 Å². The van der Waals surface area contributed by atoms with E-state index < -0.39 is 12.0 Å². The molecule has 7 heteroatoms. The van der Waals surface area contributed by atoms with Crippen molar-refractivity contribution in [3.05, 3.63) is 0 Å². The fraction of sp³-hybridized carbons (Fsp3) is 0.750. The van der Waals surface area contributed by atoms with Gasteiger partial charge in [-0.25, -0.2) is 0 Å². The third-order valence-electron chi connectivity index (χ3n) is 3.39. The van der Waals surface area contributed by atoms with Gasteiger partial charge in [0, 0.05) is 18.9 Å². The maximum Gasteiger partial charge on any atom is 0.325 e.